The van der Waals surface area contributed by atoms with Crippen LogP contribution >= 0.6 is 0 Å². The predicted octanol–water partition coefficient (Wildman–Crippen LogP) is 5.94. The molecule has 0 aliphatic carbocycles. The van der Waals surface area contributed by atoms with Crippen LogP contribution in [-0.4, -0.2) is 33.9 Å². The molecule has 33 heavy (non-hydrogen) atoms. The van der Waals surface area contributed by atoms with E-state index < -0.39 is 0 Å². The highest BCUT2D eigenvalue weighted by atomic mass is 15.3. The third-order valence-corrected chi connectivity index (χ3v) is 6.02. The Labute approximate surface area is 200 Å². The van der Waals surface area contributed by atoms with Gasteiger partial charge in [0.05, 0.1) is 11.4 Å². The molecule has 0 amide bonds. The first-order valence-electron chi connectivity index (χ1n) is 11.9. The number of nitrogens with zero attached hydrogens (tertiary/aromatic N) is 4. The van der Waals surface area contributed by atoms with Gasteiger partial charge in [-0.3, -0.25) is 0 Å². The fraction of sp³-hybridized carbons (Fsp3) is 0.393. The van der Waals surface area contributed by atoms with Crippen LogP contribution in [0, 0.1) is 12.8 Å². The molecular weight excluding hydrogens is 406 g/mol. The molecule has 0 saturated carbocycles. The summed E-state index contributed by atoms with van der Waals surface area (Å²) in [5, 5.41) is 3.37. The number of aromatic nitrogens is 2. The highest BCUT2D eigenvalue weighted by molar-refractivity contribution is 5.89. The molecule has 2 heterocycles. The van der Waals surface area contributed by atoms with Gasteiger partial charge in [-0.2, -0.15) is 0 Å². The highest BCUT2D eigenvalue weighted by Gasteiger charge is 2.20. The largest absolute Gasteiger partial charge is 0.342 e. The number of hydrogen-bond acceptors (Lipinski definition) is 3. The molecule has 0 atom stereocenters. The van der Waals surface area contributed by atoms with Crippen molar-refractivity contribution in [2.45, 2.75) is 53.4 Å². The minimum Gasteiger partial charge on any atom is -0.342 e. The molecule has 1 N–H and O–H groups in total. The molecule has 1 aromatic heterocycles. The van der Waals surface area contributed by atoms with E-state index in [1.165, 1.54) is 16.7 Å². The number of aryl methyl sites for hydroxylation is 2. The molecule has 1 fully saturated rings. The quantitative estimate of drug-likeness (QED) is 0.339. The van der Waals surface area contributed by atoms with Crippen molar-refractivity contribution in [3.05, 3.63) is 90.7 Å². The lowest BCUT2D eigenvalue weighted by molar-refractivity contribution is 0.294. The molecule has 5 heteroatoms. The molecule has 1 aliphatic heterocycles. The predicted molar refractivity (Wildman–Crippen MR) is 141 cm³/mol. The molecule has 3 rings (SSSR count). The zero-order chi connectivity index (χ0) is 24.1. The molecular formula is C28H39N5. The minimum atomic E-state index is 0.601. The number of allylic oxidation sites excluding steroid dienone is 2. The van der Waals surface area contributed by atoms with E-state index in [0.29, 0.717) is 5.92 Å². The van der Waals surface area contributed by atoms with E-state index >= 15 is 0 Å². The maximum Gasteiger partial charge on any atom is 0.203 e. The standard InChI is InChI=1S/C17H23N5.C11H16/c1-4-14-8-11-22(12-9-14)17(19-6-3)21-15(5-2)16-7-10-18-13-20-16;1-4-10-8-6-7-9(3)11(10)5-2/h4-7,10,13-14H,1,3,8-9,11-12H2,2H3,(H,19,21);6-8H,4-5H2,1-3H3/b15-5-;. The molecule has 5 nitrogen and oxygen atoms in total. The lowest BCUT2D eigenvalue weighted by atomic mass is 9.97. The van der Waals surface area contributed by atoms with Crippen LogP contribution < -0.4 is 5.32 Å². The van der Waals surface area contributed by atoms with Gasteiger partial charge in [0, 0.05) is 25.5 Å². The van der Waals surface area contributed by atoms with Crippen LogP contribution in [0.25, 0.3) is 5.70 Å². The average Bonchev–Trinajstić information content (AvgIpc) is 2.87. The van der Waals surface area contributed by atoms with Crippen molar-refractivity contribution in [3.63, 3.8) is 0 Å². The third-order valence-electron chi connectivity index (χ3n) is 6.02. The Balaban J connectivity index is 0.000000294. The molecule has 1 saturated heterocycles. The van der Waals surface area contributed by atoms with Gasteiger partial charge in [0.25, 0.3) is 0 Å². The first-order chi connectivity index (χ1) is 16.1. The minimum absolute atomic E-state index is 0.601. The van der Waals surface area contributed by atoms with Crippen LogP contribution in [0.4, 0.5) is 0 Å². The molecule has 176 valence electrons. The SMILES string of the molecule is C=CN=C(N/C(=C\C)c1ccncn1)N1CCC(C=C)CC1.CCc1cccc(C)c1CC. The van der Waals surface area contributed by atoms with Gasteiger partial charge < -0.3 is 10.2 Å². The van der Waals surface area contributed by atoms with Gasteiger partial charge in [-0.05, 0) is 68.2 Å². The fourth-order valence-electron chi connectivity index (χ4n) is 4.08. The van der Waals surface area contributed by atoms with Gasteiger partial charge in [0.15, 0.2) is 0 Å². The number of benzene rings is 1. The van der Waals surface area contributed by atoms with E-state index in [1.807, 2.05) is 25.1 Å². The van der Waals surface area contributed by atoms with Gasteiger partial charge in [-0.1, -0.05) is 50.8 Å². The monoisotopic (exact) mass is 445 g/mol. The molecule has 1 aliphatic rings. The van der Waals surface area contributed by atoms with E-state index in [4.69, 9.17) is 0 Å². The summed E-state index contributed by atoms with van der Waals surface area (Å²) < 4.78 is 0. The lowest BCUT2D eigenvalue weighted by Crippen LogP contribution is -2.44. The summed E-state index contributed by atoms with van der Waals surface area (Å²) in [5.74, 6) is 1.41. The van der Waals surface area contributed by atoms with Crippen LogP contribution in [0.1, 0.15) is 56.0 Å². The summed E-state index contributed by atoms with van der Waals surface area (Å²) in [4.78, 5) is 14.9. The Morgan fingerprint density at radius 3 is 2.45 bits per heavy atom. The van der Waals surface area contributed by atoms with E-state index in [0.717, 1.165) is 56.1 Å². The Morgan fingerprint density at radius 2 is 1.94 bits per heavy atom. The molecule has 0 bridgehead atoms. The van der Waals surface area contributed by atoms with Gasteiger partial charge >= 0.3 is 0 Å². The number of likely N-dealkylation sites (tertiary alicyclic amines) is 1. The first kappa shape index (κ1) is 26.0. The van der Waals surface area contributed by atoms with Crippen molar-refractivity contribution < 1.29 is 0 Å². The number of aliphatic imine (C=N–C) groups is 1. The zero-order valence-electron chi connectivity index (χ0n) is 20.7. The summed E-state index contributed by atoms with van der Waals surface area (Å²) >= 11 is 0. The zero-order valence-corrected chi connectivity index (χ0v) is 20.7. The van der Waals surface area contributed by atoms with Crippen molar-refractivity contribution in [2.75, 3.05) is 13.1 Å². The molecule has 2 aromatic rings. The number of guanidine groups is 1. The number of hydrogen-bond donors (Lipinski definition) is 1. The van der Waals surface area contributed by atoms with E-state index in [-0.39, 0.29) is 0 Å². The second kappa shape index (κ2) is 14.0. The maximum absolute atomic E-state index is 4.40. The Hall–Kier alpha value is -3.21. The number of rotatable bonds is 6. The molecule has 0 unspecified atom stereocenters. The van der Waals surface area contributed by atoms with Crippen LogP contribution in [0.3, 0.4) is 0 Å². The van der Waals surface area contributed by atoms with Crippen LogP contribution in [-0.2, 0) is 12.8 Å². The highest BCUT2D eigenvalue weighted by Crippen LogP contribution is 2.19. The van der Waals surface area contributed by atoms with Crippen molar-refractivity contribution >= 4 is 11.7 Å². The summed E-state index contributed by atoms with van der Waals surface area (Å²) in [6, 6.07) is 8.44. The first-order valence-corrected chi connectivity index (χ1v) is 11.9. The second-order valence-corrected chi connectivity index (χ2v) is 8.04. The van der Waals surface area contributed by atoms with Gasteiger partial charge in [0.2, 0.25) is 5.96 Å². The molecule has 0 radical (unpaired) electrons. The molecule has 1 aromatic carbocycles. The van der Waals surface area contributed by atoms with E-state index in [2.05, 4.69) is 77.3 Å². The van der Waals surface area contributed by atoms with Crippen LogP contribution in [0.2, 0.25) is 0 Å². The average molecular weight is 446 g/mol. The maximum atomic E-state index is 4.40. The van der Waals surface area contributed by atoms with Gasteiger partial charge in [0.1, 0.15) is 6.33 Å². The number of piperidine rings is 1. The third kappa shape index (κ3) is 7.70. The second-order valence-electron chi connectivity index (χ2n) is 8.04. The van der Waals surface area contributed by atoms with Crippen molar-refractivity contribution in [1.82, 2.24) is 20.2 Å². The summed E-state index contributed by atoms with van der Waals surface area (Å²) in [5.41, 5.74) is 6.23. The van der Waals surface area contributed by atoms with Crippen molar-refractivity contribution in [2.24, 2.45) is 10.9 Å². The molecule has 0 spiro atoms. The van der Waals surface area contributed by atoms with Crippen molar-refractivity contribution in [1.29, 1.82) is 0 Å². The fourth-order valence-corrected chi connectivity index (χ4v) is 4.08. The Bertz CT molecular complexity index is 938. The van der Waals surface area contributed by atoms with Gasteiger partial charge in [-0.15, -0.1) is 6.58 Å². The van der Waals surface area contributed by atoms with Gasteiger partial charge in [-0.25, -0.2) is 15.0 Å². The summed E-state index contributed by atoms with van der Waals surface area (Å²) in [6.45, 7) is 18.1. The summed E-state index contributed by atoms with van der Waals surface area (Å²) in [6.07, 6.45) is 13.4. The number of nitrogens with one attached hydrogen (secondary N) is 1. The normalized spacial score (nSPS) is 14.8. The van der Waals surface area contributed by atoms with Crippen LogP contribution in [0.5, 0.6) is 0 Å². The van der Waals surface area contributed by atoms with Crippen LogP contribution in [0.15, 0.2) is 73.3 Å². The summed E-state index contributed by atoms with van der Waals surface area (Å²) in [7, 11) is 0. The Morgan fingerprint density at radius 1 is 1.18 bits per heavy atom. The van der Waals surface area contributed by atoms with E-state index in [1.54, 1.807) is 18.7 Å². The smallest absolute Gasteiger partial charge is 0.203 e. The topological polar surface area (TPSA) is 53.4 Å². The van der Waals surface area contributed by atoms with Crippen molar-refractivity contribution in [3.8, 4) is 0 Å². The Kier molecular flexibility index (Phi) is 11.1. The lowest BCUT2D eigenvalue weighted by Gasteiger charge is -2.33. The van der Waals surface area contributed by atoms with E-state index in [9.17, 15) is 0 Å².